The molecule has 0 radical (unpaired) electrons. The van der Waals surface area contributed by atoms with Gasteiger partial charge in [0.15, 0.2) is 6.17 Å². The Labute approximate surface area is 181 Å². The summed E-state index contributed by atoms with van der Waals surface area (Å²) in [6.07, 6.45) is -1.56. The maximum atomic E-state index is 14.0. The second-order valence-corrected chi connectivity index (χ2v) is 13.9. The second-order valence-electron chi connectivity index (χ2n) is 7.80. The molecule has 0 fully saturated rings. The van der Waals surface area contributed by atoms with Crippen molar-refractivity contribution in [2.24, 2.45) is 0 Å². The molecular weight excluding hydrogens is 486 g/mol. The van der Waals surface area contributed by atoms with E-state index in [1.165, 1.54) is 17.5 Å². The van der Waals surface area contributed by atoms with Crippen LogP contribution in [0.15, 0.2) is 60.7 Å². The highest BCUT2D eigenvalue weighted by Crippen LogP contribution is 2.37. The van der Waals surface area contributed by atoms with Crippen LogP contribution in [-0.4, -0.2) is 38.1 Å². The highest BCUT2D eigenvalue weighted by molar-refractivity contribution is 14.1. The normalized spacial score (nSPS) is 14.4. The third-order valence-corrected chi connectivity index (χ3v) is 10.7. The van der Waals surface area contributed by atoms with Crippen LogP contribution in [0.4, 0.5) is 4.39 Å². The largest absolute Gasteiger partial charge is 0.467 e. The van der Waals surface area contributed by atoms with Gasteiger partial charge in [0, 0.05) is 17.0 Å². The van der Waals surface area contributed by atoms with Gasteiger partial charge in [0.1, 0.15) is 0 Å². The van der Waals surface area contributed by atoms with Crippen LogP contribution in [-0.2, 0) is 14.0 Å². The van der Waals surface area contributed by atoms with E-state index in [0.29, 0.717) is 6.61 Å². The summed E-state index contributed by atoms with van der Waals surface area (Å²) in [6.45, 7) is 6.97. The van der Waals surface area contributed by atoms with E-state index in [0.717, 1.165) is 0 Å². The molecule has 3 nitrogen and oxygen atoms in total. The number of carbonyl (C=O) groups is 1. The number of carbonyl (C=O) groups excluding carboxylic acids is 1. The fraction of sp³-hybridized carbons (Fsp3) is 0.409. The van der Waals surface area contributed by atoms with E-state index < -0.39 is 20.5 Å². The average molecular weight is 514 g/mol. The highest BCUT2D eigenvalue weighted by atomic mass is 127. The van der Waals surface area contributed by atoms with E-state index in [-0.39, 0.29) is 15.4 Å². The molecule has 2 aromatic carbocycles. The molecule has 0 aliphatic carbocycles. The van der Waals surface area contributed by atoms with Crippen LogP contribution in [0.2, 0.25) is 5.04 Å². The number of benzene rings is 2. The molecule has 0 N–H and O–H groups in total. The molecular formula is C22H28FIO3Si. The van der Waals surface area contributed by atoms with E-state index >= 15 is 0 Å². The molecule has 2 atom stereocenters. The first kappa shape index (κ1) is 23.0. The smallest absolute Gasteiger partial charge is 0.340 e. The molecule has 2 rings (SSSR count). The number of halogens is 2. The number of esters is 1. The lowest BCUT2D eigenvalue weighted by molar-refractivity contribution is -0.146. The fourth-order valence-electron chi connectivity index (χ4n) is 3.49. The fourth-order valence-corrected chi connectivity index (χ4v) is 9.07. The first-order valence-electron chi connectivity index (χ1n) is 9.33. The summed E-state index contributed by atoms with van der Waals surface area (Å²) >= 11 is 2.16. The van der Waals surface area contributed by atoms with E-state index in [1.54, 1.807) is 0 Å². The number of methoxy groups -OCH3 is 1. The number of hydrogen-bond donors (Lipinski definition) is 0. The first-order valence-corrected chi connectivity index (χ1v) is 12.5. The third-order valence-electron chi connectivity index (χ3n) is 4.82. The van der Waals surface area contributed by atoms with Gasteiger partial charge in [-0.2, -0.15) is 0 Å². The molecule has 6 heteroatoms. The van der Waals surface area contributed by atoms with Crippen molar-refractivity contribution < 1.29 is 18.3 Å². The van der Waals surface area contributed by atoms with Gasteiger partial charge >= 0.3 is 5.97 Å². The summed E-state index contributed by atoms with van der Waals surface area (Å²) in [6, 6.07) is 20.6. The number of hydrogen-bond acceptors (Lipinski definition) is 3. The van der Waals surface area contributed by atoms with E-state index in [9.17, 15) is 9.18 Å². The Bertz CT molecular complexity index is 710. The Morgan fingerprint density at radius 1 is 1.04 bits per heavy atom. The average Bonchev–Trinajstić information content (AvgIpc) is 2.68. The van der Waals surface area contributed by atoms with Crippen LogP contribution in [0.3, 0.4) is 0 Å². The zero-order chi connectivity index (χ0) is 20.8. The van der Waals surface area contributed by atoms with Crippen molar-refractivity contribution >= 4 is 47.3 Å². The number of ether oxygens (including phenoxy) is 1. The van der Waals surface area contributed by atoms with Crippen molar-refractivity contribution in [1.82, 2.24) is 0 Å². The standard InChI is InChI=1S/C22H28FIO3Si/c1-22(2,3)28(18-11-7-5-8-12-18,19-13-9-6-10-14-19)27-16-17(24)15-20(23)21(25)26-4/h5-14,17,20H,15-16H2,1-4H3/t17-,20+/m1/s1. The van der Waals surface area contributed by atoms with Gasteiger partial charge in [0.2, 0.25) is 0 Å². The Kier molecular flexibility index (Phi) is 8.21. The maximum Gasteiger partial charge on any atom is 0.340 e. The van der Waals surface area contributed by atoms with Crippen molar-refractivity contribution in [3.63, 3.8) is 0 Å². The van der Waals surface area contributed by atoms with Crippen LogP contribution in [0.25, 0.3) is 0 Å². The summed E-state index contributed by atoms with van der Waals surface area (Å²) in [7, 11) is -1.44. The van der Waals surface area contributed by atoms with Crippen molar-refractivity contribution in [2.45, 2.75) is 42.3 Å². The Balaban J connectivity index is 2.38. The number of alkyl halides is 2. The molecule has 152 valence electrons. The summed E-state index contributed by atoms with van der Waals surface area (Å²) in [5.41, 5.74) is 0. The molecule has 0 heterocycles. The summed E-state index contributed by atoms with van der Waals surface area (Å²) in [5, 5.41) is 2.23. The predicted octanol–water partition coefficient (Wildman–Crippen LogP) is 4.27. The molecule has 0 aromatic heterocycles. The minimum atomic E-state index is -2.64. The monoisotopic (exact) mass is 514 g/mol. The SMILES string of the molecule is COC(=O)[C@@H](F)C[C@@H](I)CO[Si](c1ccccc1)(c1ccccc1)C(C)(C)C. The highest BCUT2D eigenvalue weighted by Gasteiger charge is 2.50. The third kappa shape index (κ3) is 5.21. The molecule has 0 aliphatic heterocycles. The lowest BCUT2D eigenvalue weighted by atomic mass is 10.2. The molecule has 0 saturated carbocycles. The topological polar surface area (TPSA) is 35.5 Å². The Morgan fingerprint density at radius 3 is 1.89 bits per heavy atom. The minimum Gasteiger partial charge on any atom is -0.467 e. The van der Waals surface area contributed by atoms with Crippen LogP contribution in [0.1, 0.15) is 27.2 Å². The summed E-state index contributed by atoms with van der Waals surface area (Å²) in [4.78, 5) is 11.4. The molecule has 0 saturated heterocycles. The molecule has 0 aliphatic rings. The van der Waals surface area contributed by atoms with Crippen LogP contribution in [0.5, 0.6) is 0 Å². The molecule has 28 heavy (non-hydrogen) atoms. The van der Waals surface area contributed by atoms with Crippen molar-refractivity contribution in [1.29, 1.82) is 0 Å². The van der Waals surface area contributed by atoms with E-state index in [4.69, 9.17) is 4.43 Å². The minimum absolute atomic E-state index is 0.0748. The van der Waals surface area contributed by atoms with Gasteiger partial charge in [-0.3, -0.25) is 0 Å². The predicted molar refractivity (Wildman–Crippen MR) is 123 cm³/mol. The van der Waals surface area contributed by atoms with Gasteiger partial charge in [0.05, 0.1) is 7.11 Å². The van der Waals surface area contributed by atoms with Crippen molar-refractivity contribution in [3.8, 4) is 0 Å². The summed E-state index contributed by atoms with van der Waals surface area (Å²) in [5.74, 6) is -0.827. The van der Waals surface area contributed by atoms with E-state index in [2.05, 4.69) is 72.4 Å². The Hall–Kier alpha value is -1.25. The van der Waals surface area contributed by atoms with Gasteiger partial charge in [-0.05, 0) is 15.4 Å². The first-order chi connectivity index (χ1) is 13.2. The zero-order valence-corrected chi connectivity index (χ0v) is 20.0. The molecule has 0 amide bonds. The molecule has 2 aromatic rings. The van der Waals surface area contributed by atoms with Crippen LogP contribution in [0, 0.1) is 0 Å². The molecule has 0 spiro atoms. The molecule has 0 unspecified atom stereocenters. The van der Waals surface area contributed by atoms with Crippen molar-refractivity contribution in [2.75, 3.05) is 13.7 Å². The van der Waals surface area contributed by atoms with Gasteiger partial charge in [-0.25, -0.2) is 9.18 Å². The van der Waals surface area contributed by atoms with Gasteiger partial charge in [-0.1, -0.05) is 104 Å². The zero-order valence-electron chi connectivity index (χ0n) is 16.8. The van der Waals surface area contributed by atoms with E-state index in [1.807, 2.05) is 36.4 Å². The van der Waals surface area contributed by atoms with Crippen LogP contribution >= 0.6 is 22.6 Å². The lowest BCUT2D eigenvalue weighted by Crippen LogP contribution is -2.67. The van der Waals surface area contributed by atoms with Gasteiger partial charge in [0.25, 0.3) is 8.32 Å². The van der Waals surface area contributed by atoms with Crippen LogP contribution < -0.4 is 10.4 Å². The molecule has 0 bridgehead atoms. The van der Waals surface area contributed by atoms with Gasteiger partial charge < -0.3 is 9.16 Å². The van der Waals surface area contributed by atoms with Gasteiger partial charge in [-0.15, -0.1) is 0 Å². The number of rotatable bonds is 8. The summed E-state index contributed by atoms with van der Waals surface area (Å²) < 4.78 is 25.1. The quantitative estimate of drug-likeness (QED) is 0.229. The maximum absolute atomic E-state index is 14.0. The Morgan fingerprint density at radius 2 is 1.50 bits per heavy atom. The second kappa shape index (κ2) is 9.98. The van der Waals surface area contributed by atoms with Crippen molar-refractivity contribution in [3.05, 3.63) is 60.7 Å². The lowest BCUT2D eigenvalue weighted by Gasteiger charge is -2.43.